The third kappa shape index (κ3) is 1.08. The van der Waals surface area contributed by atoms with Gasteiger partial charge in [0.2, 0.25) is 0 Å². The van der Waals surface area contributed by atoms with Gasteiger partial charge >= 0.3 is 0 Å². The first-order valence-electron chi connectivity index (χ1n) is 3.05. The molecule has 0 unspecified atom stereocenters. The van der Waals surface area contributed by atoms with E-state index in [2.05, 4.69) is 4.98 Å². The molecular weight excluding hydrogens is 183 g/mol. The van der Waals surface area contributed by atoms with Crippen LogP contribution >= 0.6 is 23.2 Å². The van der Waals surface area contributed by atoms with E-state index in [0.717, 1.165) is 5.65 Å². The maximum Gasteiger partial charge on any atom is 0.139 e. The van der Waals surface area contributed by atoms with Crippen LogP contribution in [0.3, 0.4) is 0 Å². The molecule has 2 aromatic heterocycles. The van der Waals surface area contributed by atoms with Gasteiger partial charge in [-0.15, -0.1) is 0 Å². The van der Waals surface area contributed by atoms with Crippen molar-refractivity contribution < 1.29 is 0 Å². The molecule has 11 heavy (non-hydrogen) atoms. The second-order valence-corrected chi connectivity index (χ2v) is 2.98. The molecule has 0 aromatic carbocycles. The van der Waals surface area contributed by atoms with Gasteiger partial charge in [-0.05, 0) is 6.07 Å². The van der Waals surface area contributed by atoms with Gasteiger partial charge in [-0.2, -0.15) is 0 Å². The van der Waals surface area contributed by atoms with E-state index in [-0.39, 0.29) is 0 Å². The van der Waals surface area contributed by atoms with E-state index in [1.165, 1.54) is 0 Å². The number of hydrogen-bond donors (Lipinski definition) is 0. The zero-order valence-corrected chi connectivity index (χ0v) is 6.97. The van der Waals surface area contributed by atoms with Gasteiger partial charge < -0.3 is 0 Å². The summed E-state index contributed by atoms with van der Waals surface area (Å²) in [5.74, 6) is 0. The molecule has 0 amide bonds. The van der Waals surface area contributed by atoms with Crippen LogP contribution in [0.4, 0.5) is 0 Å². The molecule has 0 spiro atoms. The second-order valence-electron chi connectivity index (χ2n) is 2.15. The highest BCUT2D eigenvalue weighted by molar-refractivity contribution is 6.34. The van der Waals surface area contributed by atoms with Crippen LogP contribution in [0, 0.1) is 0 Å². The Labute approximate surface area is 73.4 Å². The minimum atomic E-state index is 0.574. The molecule has 0 saturated carbocycles. The van der Waals surface area contributed by atoms with Crippen molar-refractivity contribution in [3.8, 4) is 0 Å². The van der Waals surface area contributed by atoms with Crippen LogP contribution in [0.25, 0.3) is 5.65 Å². The summed E-state index contributed by atoms with van der Waals surface area (Å²) in [7, 11) is 0. The van der Waals surface area contributed by atoms with E-state index in [4.69, 9.17) is 23.2 Å². The molecule has 0 aliphatic carbocycles. The van der Waals surface area contributed by atoms with Crippen LogP contribution in [0.1, 0.15) is 0 Å². The fraction of sp³-hybridized carbons (Fsp3) is 0. The van der Waals surface area contributed by atoms with Crippen LogP contribution in [-0.2, 0) is 0 Å². The van der Waals surface area contributed by atoms with Crippen LogP contribution in [0.5, 0.6) is 0 Å². The van der Waals surface area contributed by atoms with E-state index in [1.807, 2.05) is 0 Å². The molecule has 0 fully saturated rings. The van der Waals surface area contributed by atoms with Gasteiger partial charge in [-0.1, -0.05) is 23.2 Å². The minimum Gasteiger partial charge on any atom is -0.290 e. The molecule has 4 heteroatoms. The Morgan fingerprint density at radius 1 is 1.27 bits per heavy atom. The summed E-state index contributed by atoms with van der Waals surface area (Å²) in [6, 6.07) is 3.44. The zero-order valence-electron chi connectivity index (χ0n) is 5.46. The van der Waals surface area contributed by atoms with Gasteiger partial charge in [0, 0.05) is 23.5 Å². The first-order chi connectivity index (χ1) is 5.27. The monoisotopic (exact) mass is 186 g/mol. The van der Waals surface area contributed by atoms with Gasteiger partial charge in [0.15, 0.2) is 0 Å². The molecule has 2 heterocycles. The number of aromatic nitrogens is 2. The standard InChI is InChI=1S/C7H4Cl2N2/c8-5-3-6(9)11-2-1-10-7(11)4-5/h1-4H. The Kier molecular flexibility index (Phi) is 1.51. The number of pyridine rings is 1. The Morgan fingerprint density at radius 3 is 2.91 bits per heavy atom. The average molecular weight is 187 g/mol. The average Bonchev–Trinajstić information content (AvgIpc) is 2.34. The molecule has 2 aromatic rings. The normalized spacial score (nSPS) is 10.7. The molecule has 0 radical (unpaired) electrons. The van der Waals surface area contributed by atoms with Crippen molar-refractivity contribution in [3.05, 3.63) is 34.7 Å². The van der Waals surface area contributed by atoms with Gasteiger partial charge in [-0.3, -0.25) is 4.40 Å². The smallest absolute Gasteiger partial charge is 0.139 e. The Balaban J connectivity index is 2.91. The zero-order chi connectivity index (χ0) is 7.84. The summed E-state index contributed by atoms with van der Waals surface area (Å²) in [4.78, 5) is 4.03. The van der Waals surface area contributed by atoms with E-state index in [0.29, 0.717) is 10.2 Å². The molecule has 0 atom stereocenters. The number of fused-ring (bicyclic) bond motifs is 1. The molecule has 2 rings (SSSR count). The Bertz CT molecular complexity index is 394. The van der Waals surface area contributed by atoms with E-state index in [9.17, 15) is 0 Å². The largest absolute Gasteiger partial charge is 0.290 e. The summed E-state index contributed by atoms with van der Waals surface area (Å²) < 4.78 is 1.76. The summed E-state index contributed by atoms with van der Waals surface area (Å²) in [5, 5.41) is 1.18. The first kappa shape index (κ1) is 6.95. The lowest BCUT2D eigenvalue weighted by Gasteiger charge is -1.96. The maximum atomic E-state index is 5.84. The van der Waals surface area contributed by atoms with Crippen molar-refractivity contribution in [2.45, 2.75) is 0 Å². The summed E-state index contributed by atoms with van der Waals surface area (Å²) in [5.41, 5.74) is 0.766. The van der Waals surface area contributed by atoms with Crippen molar-refractivity contribution >= 4 is 28.8 Å². The lowest BCUT2D eigenvalue weighted by Crippen LogP contribution is -1.83. The lowest BCUT2D eigenvalue weighted by molar-refractivity contribution is 1.19. The second kappa shape index (κ2) is 2.40. The Morgan fingerprint density at radius 2 is 2.09 bits per heavy atom. The molecular formula is C7H4Cl2N2. The van der Waals surface area contributed by atoms with Crippen LogP contribution in [-0.4, -0.2) is 9.38 Å². The molecule has 0 aliphatic rings. The van der Waals surface area contributed by atoms with E-state index in [1.54, 1.807) is 28.9 Å². The van der Waals surface area contributed by atoms with Gasteiger partial charge in [0.25, 0.3) is 0 Å². The van der Waals surface area contributed by atoms with Gasteiger partial charge in [0.1, 0.15) is 10.8 Å². The highest BCUT2D eigenvalue weighted by Gasteiger charge is 1.99. The van der Waals surface area contributed by atoms with Crippen molar-refractivity contribution in [2.75, 3.05) is 0 Å². The first-order valence-corrected chi connectivity index (χ1v) is 3.81. The number of halogens is 2. The topological polar surface area (TPSA) is 17.3 Å². The summed E-state index contributed by atoms with van der Waals surface area (Å²) in [6.07, 6.45) is 3.46. The van der Waals surface area contributed by atoms with Gasteiger partial charge in [0.05, 0.1) is 0 Å². The highest BCUT2D eigenvalue weighted by atomic mass is 35.5. The molecule has 56 valence electrons. The molecule has 0 N–H and O–H groups in total. The van der Waals surface area contributed by atoms with Crippen molar-refractivity contribution in [1.29, 1.82) is 0 Å². The van der Waals surface area contributed by atoms with Crippen LogP contribution < -0.4 is 0 Å². The summed E-state index contributed by atoms with van der Waals surface area (Å²) >= 11 is 11.6. The molecule has 0 bridgehead atoms. The number of rotatable bonds is 0. The van der Waals surface area contributed by atoms with Crippen molar-refractivity contribution in [1.82, 2.24) is 9.38 Å². The quantitative estimate of drug-likeness (QED) is 0.579. The number of nitrogens with zero attached hydrogens (tertiary/aromatic N) is 2. The van der Waals surface area contributed by atoms with E-state index < -0.39 is 0 Å². The fourth-order valence-electron chi connectivity index (χ4n) is 0.951. The van der Waals surface area contributed by atoms with Crippen LogP contribution in [0.2, 0.25) is 10.2 Å². The number of hydrogen-bond acceptors (Lipinski definition) is 1. The molecule has 0 aliphatic heterocycles. The highest BCUT2D eigenvalue weighted by Crippen LogP contribution is 2.18. The summed E-state index contributed by atoms with van der Waals surface area (Å²) in [6.45, 7) is 0. The van der Waals surface area contributed by atoms with E-state index >= 15 is 0 Å². The third-order valence-electron chi connectivity index (χ3n) is 1.42. The van der Waals surface area contributed by atoms with Crippen molar-refractivity contribution in [2.24, 2.45) is 0 Å². The fourth-order valence-corrected chi connectivity index (χ4v) is 1.47. The number of imidazole rings is 1. The maximum absolute atomic E-state index is 5.84. The lowest BCUT2D eigenvalue weighted by atomic mass is 10.5. The third-order valence-corrected chi connectivity index (χ3v) is 1.93. The van der Waals surface area contributed by atoms with Gasteiger partial charge in [-0.25, -0.2) is 4.98 Å². The van der Waals surface area contributed by atoms with Crippen LogP contribution in [0.15, 0.2) is 24.5 Å². The predicted molar refractivity (Wildman–Crippen MR) is 45.2 cm³/mol. The Hall–Kier alpha value is -0.730. The van der Waals surface area contributed by atoms with Crippen molar-refractivity contribution in [3.63, 3.8) is 0 Å². The SMILES string of the molecule is Clc1cc(Cl)n2ccnc2c1. The minimum absolute atomic E-state index is 0.574. The predicted octanol–water partition coefficient (Wildman–Crippen LogP) is 2.64. The molecule has 2 nitrogen and oxygen atoms in total. The molecule has 0 saturated heterocycles.